The number of aromatic nitrogens is 2. The molecule has 0 fully saturated rings. The summed E-state index contributed by atoms with van der Waals surface area (Å²) in [6.07, 6.45) is 5.79. The van der Waals surface area contributed by atoms with Gasteiger partial charge in [0, 0.05) is 17.3 Å². The number of hydrogen-bond donors (Lipinski definition) is 0. The lowest BCUT2D eigenvalue weighted by Gasteiger charge is -2.08. The van der Waals surface area contributed by atoms with Gasteiger partial charge >= 0.3 is 0 Å². The average Bonchev–Trinajstić information content (AvgIpc) is 2.81. The summed E-state index contributed by atoms with van der Waals surface area (Å²) >= 11 is 1.69. The topological polar surface area (TPSA) is 27.1 Å². The van der Waals surface area contributed by atoms with Crippen LogP contribution in [0.25, 0.3) is 0 Å². The summed E-state index contributed by atoms with van der Waals surface area (Å²) in [5.74, 6) is 0.928. The third kappa shape index (κ3) is 2.39. The van der Waals surface area contributed by atoms with Gasteiger partial charge in [0.05, 0.1) is 13.7 Å². The van der Waals surface area contributed by atoms with Gasteiger partial charge in [-0.05, 0) is 30.0 Å². The lowest BCUT2D eigenvalue weighted by atomic mass is 10.2. The molecule has 1 aromatic heterocycles. The minimum Gasteiger partial charge on any atom is -0.496 e. The molecule has 84 valence electrons. The first-order valence-electron chi connectivity index (χ1n) is 5.02. The fourth-order valence-electron chi connectivity index (χ4n) is 1.56. The summed E-state index contributed by atoms with van der Waals surface area (Å²) in [6, 6.07) is 8.18. The van der Waals surface area contributed by atoms with E-state index in [2.05, 4.69) is 23.3 Å². The van der Waals surface area contributed by atoms with Crippen molar-refractivity contribution in [3.63, 3.8) is 0 Å². The average molecular weight is 234 g/mol. The molecule has 0 N–H and O–H groups in total. The minimum absolute atomic E-state index is 0.776. The molecule has 2 aromatic rings. The molecule has 16 heavy (non-hydrogen) atoms. The number of benzene rings is 1. The lowest BCUT2D eigenvalue weighted by molar-refractivity contribution is 0.404. The van der Waals surface area contributed by atoms with Crippen molar-refractivity contribution in [1.29, 1.82) is 0 Å². The van der Waals surface area contributed by atoms with Crippen molar-refractivity contribution in [3.8, 4) is 5.75 Å². The monoisotopic (exact) mass is 234 g/mol. The Morgan fingerprint density at radius 2 is 2.31 bits per heavy atom. The number of ether oxygens (including phenoxy) is 1. The van der Waals surface area contributed by atoms with Gasteiger partial charge in [0.15, 0.2) is 0 Å². The van der Waals surface area contributed by atoms with Crippen LogP contribution in [0.3, 0.4) is 0 Å². The van der Waals surface area contributed by atoms with Crippen LogP contribution in [-0.2, 0) is 6.54 Å². The van der Waals surface area contributed by atoms with Gasteiger partial charge in [0.2, 0.25) is 0 Å². The zero-order valence-electron chi connectivity index (χ0n) is 9.38. The normalized spacial score (nSPS) is 10.4. The van der Waals surface area contributed by atoms with Crippen molar-refractivity contribution in [1.82, 2.24) is 9.78 Å². The van der Waals surface area contributed by atoms with E-state index in [0.29, 0.717) is 0 Å². The Kier molecular flexibility index (Phi) is 3.51. The fraction of sp³-hybridized carbons (Fsp3) is 0.250. The molecule has 0 amide bonds. The number of rotatable bonds is 4. The van der Waals surface area contributed by atoms with E-state index in [1.807, 2.05) is 23.2 Å². The fourth-order valence-corrected chi connectivity index (χ4v) is 2.11. The van der Waals surface area contributed by atoms with Gasteiger partial charge in [0.1, 0.15) is 5.75 Å². The van der Waals surface area contributed by atoms with E-state index in [0.717, 1.165) is 17.2 Å². The summed E-state index contributed by atoms with van der Waals surface area (Å²) < 4.78 is 7.24. The van der Waals surface area contributed by atoms with E-state index in [1.165, 1.54) is 5.56 Å². The number of thioether (sulfide) groups is 1. The summed E-state index contributed by atoms with van der Waals surface area (Å²) in [5, 5.41) is 4.18. The van der Waals surface area contributed by atoms with Crippen LogP contribution in [0.1, 0.15) is 5.56 Å². The SMILES string of the molecule is COc1cc(Cn2cccn2)ccc1SC. The van der Waals surface area contributed by atoms with Gasteiger partial charge in [0.25, 0.3) is 0 Å². The van der Waals surface area contributed by atoms with Crippen LogP contribution in [0, 0.1) is 0 Å². The van der Waals surface area contributed by atoms with Crippen LogP contribution in [-0.4, -0.2) is 23.1 Å². The van der Waals surface area contributed by atoms with Crippen LogP contribution in [0.15, 0.2) is 41.6 Å². The molecule has 0 atom stereocenters. The standard InChI is InChI=1S/C12H14N2OS/c1-15-11-8-10(4-5-12(11)16-2)9-14-7-3-6-13-14/h3-8H,9H2,1-2H3. The van der Waals surface area contributed by atoms with Crippen molar-refractivity contribution in [3.05, 3.63) is 42.2 Å². The maximum Gasteiger partial charge on any atom is 0.132 e. The highest BCUT2D eigenvalue weighted by molar-refractivity contribution is 7.98. The Balaban J connectivity index is 2.22. The van der Waals surface area contributed by atoms with Gasteiger partial charge in [-0.25, -0.2) is 0 Å². The third-order valence-corrected chi connectivity index (χ3v) is 3.13. The van der Waals surface area contributed by atoms with E-state index >= 15 is 0 Å². The van der Waals surface area contributed by atoms with Gasteiger partial charge in [-0.15, -0.1) is 11.8 Å². The van der Waals surface area contributed by atoms with Crippen molar-refractivity contribution in [2.45, 2.75) is 11.4 Å². The summed E-state index contributed by atoms with van der Waals surface area (Å²) in [7, 11) is 1.70. The second-order valence-corrected chi connectivity index (χ2v) is 4.24. The lowest BCUT2D eigenvalue weighted by Crippen LogP contribution is -2.00. The molecule has 4 heteroatoms. The maximum atomic E-state index is 5.35. The van der Waals surface area contributed by atoms with Gasteiger partial charge in [-0.3, -0.25) is 4.68 Å². The summed E-state index contributed by atoms with van der Waals surface area (Å²) in [4.78, 5) is 1.16. The van der Waals surface area contributed by atoms with Gasteiger partial charge in [-0.1, -0.05) is 6.07 Å². The largest absolute Gasteiger partial charge is 0.496 e. The Labute approximate surface area is 99.4 Å². The molecule has 0 aliphatic rings. The van der Waals surface area contributed by atoms with Crippen LogP contribution in [0.5, 0.6) is 5.75 Å². The smallest absolute Gasteiger partial charge is 0.132 e. The molecule has 1 aromatic carbocycles. The molecule has 0 unspecified atom stereocenters. The summed E-state index contributed by atoms with van der Waals surface area (Å²) in [6.45, 7) is 0.776. The third-order valence-electron chi connectivity index (χ3n) is 2.35. The summed E-state index contributed by atoms with van der Waals surface area (Å²) in [5.41, 5.74) is 1.19. The second-order valence-electron chi connectivity index (χ2n) is 3.39. The predicted octanol–water partition coefficient (Wildman–Crippen LogP) is 2.66. The molecule has 0 spiro atoms. The minimum atomic E-state index is 0.776. The van der Waals surface area contributed by atoms with Gasteiger partial charge < -0.3 is 4.74 Å². The molecule has 0 radical (unpaired) electrons. The van der Waals surface area contributed by atoms with E-state index < -0.39 is 0 Å². The highest BCUT2D eigenvalue weighted by atomic mass is 32.2. The Hall–Kier alpha value is -1.42. The molecule has 0 aliphatic heterocycles. The maximum absolute atomic E-state index is 5.35. The molecule has 0 bridgehead atoms. The Morgan fingerprint density at radius 3 is 2.94 bits per heavy atom. The molecule has 3 nitrogen and oxygen atoms in total. The molecular weight excluding hydrogens is 220 g/mol. The Bertz CT molecular complexity index is 454. The van der Waals surface area contributed by atoms with Crippen LogP contribution >= 0.6 is 11.8 Å². The van der Waals surface area contributed by atoms with Gasteiger partial charge in [-0.2, -0.15) is 5.10 Å². The van der Waals surface area contributed by atoms with Crippen molar-refractivity contribution >= 4 is 11.8 Å². The molecular formula is C12H14N2OS. The van der Waals surface area contributed by atoms with Crippen LogP contribution in [0.4, 0.5) is 0 Å². The van der Waals surface area contributed by atoms with Crippen molar-refractivity contribution in [2.75, 3.05) is 13.4 Å². The highest BCUT2D eigenvalue weighted by Crippen LogP contribution is 2.28. The first-order valence-corrected chi connectivity index (χ1v) is 6.24. The van der Waals surface area contributed by atoms with Crippen molar-refractivity contribution in [2.24, 2.45) is 0 Å². The first-order chi connectivity index (χ1) is 7.83. The zero-order valence-corrected chi connectivity index (χ0v) is 10.2. The van der Waals surface area contributed by atoms with Crippen molar-refractivity contribution < 1.29 is 4.74 Å². The van der Waals surface area contributed by atoms with Crippen LogP contribution in [0.2, 0.25) is 0 Å². The predicted molar refractivity (Wildman–Crippen MR) is 66.1 cm³/mol. The molecule has 0 saturated heterocycles. The number of hydrogen-bond acceptors (Lipinski definition) is 3. The van der Waals surface area contributed by atoms with Crippen LogP contribution < -0.4 is 4.74 Å². The highest BCUT2D eigenvalue weighted by Gasteiger charge is 2.03. The number of nitrogens with zero attached hydrogens (tertiary/aromatic N) is 2. The van der Waals surface area contributed by atoms with E-state index in [4.69, 9.17) is 4.74 Å². The zero-order chi connectivity index (χ0) is 11.4. The van der Waals surface area contributed by atoms with E-state index in [1.54, 1.807) is 25.1 Å². The second kappa shape index (κ2) is 5.07. The number of methoxy groups -OCH3 is 1. The molecule has 0 aliphatic carbocycles. The molecule has 2 rings (SSSR count). The van der Waals surface area contributed by atoms with E-state index in [9.17, 15) is 0 Å². The molecule has 0 saturated carbocycles. The molecule has 1 heterocycles. The first kappa shape index (κ1) is 11.1. The van der Waals surface area contributed by atoms with E-state index in [-0.39, 0.29) is 0 Å². The Morgan fingerprint density at radius 1 is 1.44 bits per heavy atom. The quantitative estimate of drug-likeness (QED) is 0.761.